The molecule has 8 heteroatoms. The Morgan fingerprint density at radius 3 is 0.865 bits per heavy atom. The van der Waals surface area contributed by atoms with Gasteiger partial charge in [-0.15, -0.1) is 0 Å². The Kier molecular flexibility index (Phi) is 9.10. The second-order valence-electron chi connectivity index (χ2n) is 12.5. The van der Waals surface area contributed by atoms with Crippen molar-refractivity contribution in [1.29, 1.82) is 0 Å². The summed E-state index contributed by atoms with van der Waals surface area (Å²) >= 11 is 12.0. The summed E-state index contributed by atoms with van der Waals surface area (Å²) in [6.07, 6.45) is 8.54. The summed E-state index contributed by atoms with van der Waals surface area (Å²) in [6.45, 7) is 0. The lowest BCUT2D eigenvalue weighted by Gasteiger charge is -2.07. The molecular weight excluding hydrogens is 998 g/mol. The average molecular weight is 1020 g/mol. The second-order valence-corrected chi connectivity index (χ2v) is 16.9. The van der Waals surface area contributed by atoms with E-state index >= 15 is 0 Å². The van der Waals surface area contributed by atoms with E-state index in [4.69, 9.17) is 9.97 Å². The Bertz CT molecular complexity index is 2370. The molecule has 9 rings (SSSR count). The third-order valence-corrected chi connectivity index (χ3v) is 11.8. The van der Waals surface area contributed by atoms with Crippen molar-refractivity contribution >= 4 is 123 Å². The standard InChI is InChI=1S/C44H26Br2I2N4/c45-29-9-1-25(2-10-29)41-33-17-21-37(49-33)43(27-5-13-31(47)14-6-27)39-23-19-35(51-39)42(26-3-11-30(46)12-4-26)36-20-24-40(52-36)44(38-22-18-34(41)50-38)28-7-15-32(48)16-8-28/h1-24,49,52H. The highest BCUT2D eigenvalue weighted by atomic mass is 127. The first-order valence-electron chi connectivity index (χ1n) is 16.6. The Morgan fingerprint density at radius 2 is 0.596 bits per heavy atom. The maximum atomic E-state index is 5.39. The van der Waals surface area contributed by atoms with E-state index in [2.05, 4.69) is 233 Å². The second kappa shape index (κ2) is 14.0. The van der Waals surface area contributed by atoms with Crippen molar-refractivity contribution in [3.05, 3.63) is 160 Å². The van der Waals surface area contributed by atoms with E-state index in [9.17, 15) is 0 Å². The molecule has 4 aromatic carbocycles. The maximum Gasteiger partial charge on any atom is 0.0737 e. The van der Waals surface area contributed by atoms with E-state index in [1.54, 1.807) is 0 Å². The molecule has 52 heavy (non-hydrogen) atoms. The minimum Gasteiger partial charge on any atom is -0.354 e. The van der Waals surface area contributed by atoms with Gasteiger partial charge in [-0.1, -0.05) is 80.4 Å². The van der Waals surface area contributed by atoms with Crippen LogP contribution in [0.3, 0.4) is 0 Å². The monoisotopic (exact) mass is 1020 g/mol. The van der Waals surface area contributed by atoms with Crippen LogP contribution in [-0.4, -0.2) is 19.9 Å². The first kappa shape index (κ1) is 33.7. The highest BCUT2D eigenvalue weighted by molar-refractivity contribution is 14.1. The van der Waals surface area contributed by atoms with Crippen LogP contribution in [0.1, 0.15) is 22.8 Å². The highest BCUT2D eigenvalue weighted by Crippen LogP contribution is 2.39. The number of halogens is 4. The average Bonchev–Trinajstić information content (AvgIpc) is 3.99. The molecule has 0 aliphatic carbocycles. The zero-order chi connectivity index (χ0) is 35.3. The molecule has 7 aromatic rings. The van der Waals surface area contributed by atoms with Crippen LogP contribution < -0.4 is 0 Å². The van der Waals surface area contributed by atoms with Gasteiger partial charge < -0.3 is 9.97 Å². The van der Waals surface area contributed by atoms with Gasteiger partial charge in [0.05, 0.1) is 22.8 Å². The van der Waals surface area contributed by atoms with Crippen LogP contribution in [-0.2, 0) is 0 Å². The fraction of sp³-hybridized carbons (Fsp3) is 0. The SMILES string of the molecule is Brc1ccc(-c2c3nc(c(-c4ccc(I)cc4)c4ccc([nH]4)c(-c4ccc(Br)cc4)c4nc(c(-c5ccc(I)cc5)c5ccc2[nH]5)C=C4)C=C3)cc1. The van der Waals surface area contributed by atoms with E-state index in [-0.39, 0.29) is 0 Å². The van der Waals surface area contributed by atoms with Gasteiger partial charge >= 0.3 is 0 Å². The van der Waals surface area contributed by atoms with Crippen molar-refractivity contribution in [3.8, 4) is 44.5 Å². The molecule has 0 saturated carbocycles. The van der Waals surface area contributed by atoms with Gasteiger partial charge in [-0.25, -0.2) is 9.97 Å². The molecule has 8 bridgehead atoms. The zero-order valence-corrected chi connectivity index (χ0v) is 34.7. The van der Waals surface area contributed by atoms with Crippen molar-refractivity contribution in [1.82, 2.24) is 19.9 Å². The van der Waals surface area contributed by atoms with Gasteiger partial charge in [-0.05, 0) is 165 Å². The Morgan fingerprint density at radius 1 is 0.346 bits per heavy atom. The lowest BCUT2D eigenvalue weighted by molar-refractivity contribution is 1.31. The summed E-state index contributed by atoms with van der Waals surface area (Å²) in [5.74, 6) is 0. The fourth-order valence-corrected chi connectivity index (χ4v) is 8.13. The number of benzene rings is 4. The van der Waals surface area contributed by atoms with E-state index in [1.165, 1.54) is 7.14 Å². The molecule has 4 nitrogen and oxygen atoms in total. The first-order chi connectivity index (χ1) is 25.4. The zero-order valence-electron chi connectivity index (χ0n) is 27.3. The number of nitrogens with one attached hydrogen (secondary N) is 2. The van der Waals surface area contributed by atoms with Crippen LogP contribution in [0, 0.1) is 7.14 Å². The quantitative estimate of drug-likeness (QED) is 0.173. The van der Waals surface area contributed by atoms with Crippen LogP contribution in [0.4, 0.5) is 0 Å². The molecule has 250 valence electrons. The first-order valence-corrected chi connectivity index (χ1v) is 20.3. The van der Waals surface area contributed by atoms with Crippen LogP contribution in [0.5, 0.6) is 0 Å². The molecule has 2 N–H and O–H groups in total. The van der Waals surface area contributed by atoms with Crippen molar-refractivity contribution in [2.45, 2.75) is 0 Å². The number of H-pyrrole nitrogens is 2. The van der Waals surface area contributed by atoms with Crippen LogP contribution in [0.2, 0.25) is 0 Å². The predicted molar refractivity (Wildman–Crippen MR) is 241 cm³/mol. The number of nitrogens with zero attached hydrogens (tertiary/aromatic N) is 2. The smallest absolute Gasteiger partial charge is 0.0737 e. The molecular formula is C44H26Br2I2N4. The third-order valence-electron chi connectivity index (χ3n) is 9.29. The van der Waals surface area contributed by atoms with Crippen LogP contribution in [0.25, 0.3) is 90.9 Å². The van der Waals surface area contributed by atoms with E-state index in [0.717, 1.165) is 98.3 Å². The van der Waals surface area contributed by atoms with Crippen LogP contribution >= 0.6 is 77.0 Å². The van der Waals surface area contributed by atoms with Crippen molar-refractivity contribution in [2.75, 3.05) is 0 Å². The number of fused-ring (bicyclic) bond motifs is 8. The van der Waals surface area contributed by atoms with Gasteiger partial charge in [-0.2, -0.15) is 0 Å². The molecule has 0 saturated heterocycles. The molecule has 0 atom stereocenters. The molecule has 2 aliphatic heterocycles. The molecule has 3 aromatic heterocycles. The molecule has 5 heterocycles. The Hall–Kier alpha value is -4.10. The summed E-state index contributed by atoms with van der Waals surface area (Å²) in [5, 5.41) is 0. The highest BCUT2D eigenvalue weighted by Gasteiger charge is 2.19. The number of hydrogen-bond donors (Lipinski definition) is 2. The normalized spacial score (nSPS) is 12.1. The van der Waals surface area contributed by atoms with E-state index in [1.807, 2.05) is 0 Å². The number of rotatable bonds is 4. The van der Waals surface area contributed by atoms with E-state index < -0.39 is 0 Å². The Labute approximate surface area is 344 Å². The third kappa shape index (κ3) is 6.44. The van der Waals surface area contributed by atoms with Gasteiger partial charge in [0.1, 0.15) is 0 Å². The topological polar surface area (TPSA) is 57.4 Å². The number of hydrogen-bond acceptors (Lipinski definition) is 2. The lowest BCUT2D eigenvalue weighted by atomic mass is 10.0. The summed E-state index contributed by atoms with van der Waals surface area (Å²) in [7, 11) is 0. The molecule has 0 spiro atoms. The molecule has 0 amide bonds. The lowest BCUT2D eigenvalue weighted by Crippen LogP contribution is -1.90. The summed E-state index contributed by atoms with van der Waals surface area (Å²) in [5.41, 5.74) is 15.9. The molecule has 2 aliphatic rings. The predicted octanol–water partition coefficient (Wildman–Crippen LogP) is 14.1. The van der Waals surface area contributed by atoms with Gasteiger partial charge in [0.15, 0.2) is 0 Å². The number of aromatic amines is 2. The minimum absolute atomic E-state index is 0.888. The van der Waals surface area contributed by atoms with Gasteiger partial charge in [-0.3, -0.25) is 0 Å². The van der Waals surface area contributed by atoms with Gasteiger partial charge in [0.2, 0.25) is 0 Å². The van der Waals surface area contributed by atoms with Crippen molar-refractivity contribution < 1.29 is 0 Å². The van der Waals surface area contributed by atoms with E-state index in [0.29, 0.717) is 0 Å². The fourth-order valence-electron chi connectivity index (χ4n) is 6.89. The summed E-state index contributed by atoms with van der Waals surface area (Å²) < 4.78 is 4.41. The van der Waals surface area contributed by atoms with Crippen LogP contribution in [0.15, 0.2) is 130 Å². The van der Waals surface area contributed by atoms with Crippen molar-refractivity contribution in [2.24, 2.45) is 0 Å². The summed E-state index contributed by atoms with van der Waals surface area (Å²) in [4.78, 5) is 18.4. The molecule has 0 fully saturated rings. The minimum atomic E-state index is 0.888. The maximum absolute atomic E-state index is 5.39. The van der Waals surface area contributed by atoms with Gasteiger partial charge in [0, 0.05) is 60.4 Å². The molecule has 0 radical (unpaired) electrons. The van der Waals surface area contributed by atoms with Gasteiger partial charge in [0.25, 0.3) is 0 Å². The Balaban J connectivity index is 1.47. The molecule has 0 unspecified atom stereocenters. The van der Waals surface area contributed by atoms with Crippen molar-refractivity contribution in [3.63, 3.8) is 0 Å². The summed E-state index contributed by atoms with van der Waals surface area (Å²) in [6, 6.07) is 42.8. The number of aromatic nitrogens is 4. The largest absolute Gasteiger partial charge is 0.354 e.